The van der Waals surface area contributed by atoms with Gasteiger partial charge in [0.1, 0.15) is 7.91 Å². The Labute approximate surface area is 64.4 Å². The molecule has 0 fully saturated rings. The molecule has 0 atom stereocenters. The van der Waals surface area contributed by atoms with E-state index in [2.05, 4.69) is 0 Å². The third-order valence-corrected chi connectivity index (χ3v) is 0. The first-order valence-electron chi connectivity index (χ1n) is 1.87. The molecule has 0 rings (SSSR count). The van der Waals surface area contributed by atoms with E-state index < -0.39 is 7.91 Å². The van der Waals surface area contributed by atoms with Gasteiger partial charge in [0, 0.05) is 0 Å². The average Bonchev–Trinajstić information content (AvgIpc) is 1.27. The molecule has 3 nitrogen and oxygen atoms in total. The average molecular weight is 205 g/mol. The Morgan fingerprint density at radius 2 is 1.44 bits per heavy atom. The molecule has 0 aromatic heterocycles. The number of halogens is 1. The first-order valence-corrected chi connectivity index (χ1v) is 3.30. The quantitative estimate of drug-likeness (QED) is 0.317. The van der Waals surface area contributed by atoms with Crippen LogP contribution in [0.3, 0.4) is 0 Å². The van der Waals surface area contributed by atoms with Crippen molar-refractivity contribution in [1.29, 1.82) is 0 Å². The SMILES string of the molecule is C[CH-]C.O=P([O-])([O-])F.[Cu+2]. The minimum Gasteiger partial charge on any atom is -0.786 e. The van der Waals surface area contributed by atoms with Gasteiger partial charge in [-0.05, 0) is 0 Å². The first-order chi connectivity index (χ1) is 3.41. The molecule has 0 heterocycles. The molecule has 0 aromatic carbocycles. The van der Waals surface area contributed by atoms with E-state index in [1.54, 1.807) is 0 Å². The van der Waals surface area contributed by atoms with Gasteiger partial charge < -0.3 is 20.8 Å². The van der Waals surface area contributed by atoms with Gasteiger partial charge in [-0.1, -0.05) is 0 Å². The molecule has 0 bridgehead atoms. The second-order valence-electron chi connectivity index (χ2n) is 1.01. The molecule has 6 heteroatoms. The zero-order valence-corrected chi connectivity index (χ0v) is 6.76. The van der Waals surface area contributed by atoms with Gasteiger partial charge in [0.2, 0.25) is 0 Å². The normalized spacial score (nSPS) is 8.56. The Hall–Kier alpha value is 0.599. The van der Waals surface area contributed by atoms with Gasteiger partial charge in [-0.2, -0.15) is 13.8 Å². The van der Waals surface area contributed by atoms with Crippen LogP contribution in [0.5, 0.6) is 0 Å². The largest absolute Gasteiger partial charge is 2.00 e. The van der Waals surface area contributed by atoms with E-state index in [1.807, 2.05) is 20.3 Å². The summed E-state index contributed by atoms with van der Waals surface area (Å²) < 4.78 is 18.6. The third kappa shape index (κ3) is 1040. The van der Waals surface area contributed by atoms with Crippen molar-refractivity contribution in [2.24, 2.45) is 0 Å². The zero-order chi connectivity index (χ0) is 7.21. The van der Waals surface area contributed by atoms with Crippen molar-refractivity contribution in [3.8, 4) is 0 Å². The topological polar surface area (TPSA) is 63.2 Å². The molecular formula is C3H7CuFO3P-. The van der Waals surface area contributed by atoms with E-state index in [1.165, 1.54) is 0 Å². The fourth-order valence-electron chi connectivity index (χ4n) is 0. The van der Waals surface area contributed by atoms with Gasteiger partial charge >= 0.3 is 17.1 Å². The maximum Gasteiger partial charge on any atom is 2.00 e. The van der Waals surface area contributed by atoms with E-state index in [4.69, 9.17) is 14.4 Å². The van der Waals surface area contributed by atoms with Crippen LogP contribution < -0.4 is 9.79 Å². The Morgan fingerprint density at radius 3 is 1.44 bits per heavy atom. The van der Waals surface area contributed by atoms with Crippen LogP contribution in [0, 0.1) is 6.42 Å². The summed E-state index contributed by atoms with van der Waals surface area (Å²) in [5.74, 6) is 0. The smallest absolute Gasteiger partial charge is 0.786 e. The maximum absolute atomic E-state index is 10.1. The zero-order valence-electron chi connectivity index (χ0n) is 4.93. The van der Waals surface area contributed by atoms with Crippen LogP contribution >= 0.6 is 7.91 Å². The number of rotatable bonds is 0. The molecule has 0 amide bonds. The van der Waals surface area contributed by atoms with Crippen molar-refractivity contribution in [3.05, 3.63) is 6.42 Å². The van der Waals surface area contributed by atoms with Crippen LogP contribution in [-0.4, -0.2) is 0 Å². The Morgan fingerprint density at radius 1 is 1.44 bits per heavy atom. The number of hydrogen-bond acceptors (Lipinski definition) is 3. The number of hydrogen-bond donors (Lipinski definition) is 0. The molecule has 0 saturated carbocycles. The molecule has 0 N–H and O–H groups in total. The van der Waals surface area contributed by atoms with E-state index in [-0.39, 0.29) is 17.1 Å². The van der Waals surface area contributed by atoms with Crippen LogP contribution in [0.2, 0.25) is 0 Å². The van der Waals surface area contributed by atoms with Crippen molar-refractivity contribution in [3.63, 3.8) is 0 Å². The fraction of sp³-hybridized carbons (Fsp3) is 0.667. The van der Waals surface area contributed by atoms with Crippen molar-refractivity contribution in [2.45, 2.75) is 13.8 Å². The van der Waals surface area contributed by atoms with E-state index in [0.29, 0.717) is 0 Å². The molecule has 0 spiro atoms. The summed E-state index contributed by atoms with van der Waals surface area (Å²) >= 11 is 0. The molecule has 0 aliphatic rings. The van der Waals surface area contributed by atoms with Crippen LogP contribution in [0.25, 0.3) is 0 Å². The van der Waals surface area contributed by atoms with Crippen LogP contribution in [0.1, 0.15) is 13.8 Å². The predicted octanol–water partition coefficient (Wildman–Crippen LogP) is 0.0126. The van der Waals surface area contributed by atoms with E-state index >= 15 is 0 Å². The molecule has 0 aliphatic carbocycles. The summed E-state index contributed by atoms with van der Waals surface area (Å²) in [6.45, 7) is 4.00. The third-order valence-electron chi connectivity index (χ3n) is 0. The van der Waals surface area contributed by atoms with E-state index in [9.17, 15) is 4.20 Å². The molecule has 1 radical (unpaired) electrons. The van der Waals surface area contributed by atoms with Crippen molar-refractivity contribution < 1.29 is 35.6 Å². The van der Waals surface area contributed by atoms with Crippen molar-refractivity contribution in [1.82, 2.24) is 0 Å². The fourth-order valence-corrected chi connectivity index (χ4v) is 0. The Balaban J connectivity index is -0.0000000800. The Bertz CT molecular complexity index is 74.9. The standard InChI is InChI=1S/C3H7.Cu.FH2O3P/c1-3-2;;1-5(2,3)4/h3H,1-2H3;;(H2,2,3,4)/q-1;+2;/p-2. The molecule has 9 heavy (non-hydrogen) atoms. The first kappa shape index (κ1) is 16.3. The van der Waals surface area contributed by atoms with Crippen LogP contribution in [-0.2, 0) is 21.6 Å². The van der Waals surface area contributed by atoms with Crippen molar-refractivity contribution in [2.75, 3.05) is 0 Å². The molecule has 61 valence electrons. The minimum absolute atomic E-state index is 0. The summed E-state index contributed by atoms with van der Waals surface area (Å²) in [5.41, 5.74) is 0. The minimum atomic E-state index is -5.64. The van der Waals surface area contributed by atoms with Crippen molar-refractivity contribution >= 4 is 7.91 Å². The molecular weight excluding hydrogens is 198 g/mol. The summed E-state index contributed by atoms with van der Waals surface area (Å²) in [7, 11) is -5.64. The van der Waals surface area contributed by atoms with Gasteiger partial charge in [0.25, 0.3) is 0 Å². The summed E-state index contributed by atoms with van der Waals surface area (Å²) in [4.78, 5) is 16.9. The van der Waals surface area contributed by atoms with Crippen LogP contribution in [0.4, 0.5) is 4.20 Å². The monoisotopic (exact) mass is 204 g/mol. The molecule has 0 aromatic rings. The molecule has 0 aliphatic heterocycles. The van der Waals surface area contributed by atoms with Gasteiger partial charge in [-0.15, -0.1) is 0 Å². The van der Waals surface area contributed by atoms with Crippen LogP contribution in [0.15, 0.2) is 0 Å². The van der Waals surface area contributed by atoms with Gasteiger partial charge in [-0.3, -0.25) is 0 Å². The maximum atomic E-state index is 10.1. The second-order valence-corrected chi connectivity index (χ2v) is 1.87. The molecule has 0 unspecified atom stereocenters. The summed E-state index contributed by atoms with van der Waals surface area (Å²) in [5, 5.41) is 0. The van der Waals surface area contributed by atoms with Gasteiger partial charge in [0.05, 0.1) is 0 Å². The predicted molar refractivity (Wildman–Crippen MR) is 24.4 cm³/mol. The Kier molecular flexibility index (Phi) is 15.6. The molecule has 0 saturated heterocycles. The summed E-state index contributed by atoms with van der Waals surface area (Å²) in [6.07, 6.45) is 2.00. The van der Waals surface area contributed by atoms with E-state index in [0.717, 1.165) is 0 Å². The van der Waals surface area contributed by atoms with Gasteiger partial charge in [-0.25, -0.2) is 4.20 Å². The second kappa shape index (κ2) is 8.60. The van der Waals surface area contributed by atoms with Gasteiger partial charge in [0.15, 0.2) is 0 Å². The summed E-state index contributed by atoms with van der Waals surface area (Å²) in [6, 6.07) is 0.